The molecule has 1 atom stereocenters. The molecule has 5 rings (SSSR count). The van der Waals surface area contributed by atoms with Gasteiger partial charge in [-0.3, -0.25) is 10.0 Å². The summed E-state index contributed by atoms with van der Waals surface area (Å²) in [4.78, 5) is 23.7. The molecule has 2 aromatic heterocycles. The first-order chi connectivity index (χ1) is 18.9. The predicted molar refractivity (Wildman–Crippen MR) is 159 cm³/mol. The number of carbonyl (C=O) groups excluding carboxylic acids is 1. The van der Waals surface area contributed by atoms with E-state index in [2.05, 4.69) is 41.3 Å². The van der Waals surface area contributed by atoms with Crippen LogP contribution in [0.3, 0.4) is 0 Å². The Morgan fingerprint density at radius 3 is 2.69 bits per heavy atom. The number of benzene rings is 1. The number of hydrogen-bond donors (Lipinski definition) is 2. The van der Waals surface area contributed by atoms with Crippen LogP contribution in [0.15, 0.2) is 48.8 Å². The number of anilines is 3. The molecule has 0 radical (unpaired) electrons. The molecule has 0 aliphatic carbocycles. The van der Waals surface area contributed by atoms with Gasteiger partial charge in [-0.1, -0.05) is 31.5 Å². The van der Waals surface area contributed by atoms with Crippen LogP contribution in [-0.4, -0.2) is 78.8 Å². The lowest BCUT2D eigenvalue weighted by Crippen LogP contribution is -2.45. The highest BCUT2D eigenvalue weighted by molar-refractivity contribution is 7.28. The number of aromatic nitrogens is 2. The molecule has 0 bridgehead atoms. The number of rotatable bonds is 6. The lowest BCUT2D eigenvalue weighted by Gasteiger charge is -2.32. The molecule has 1 saturated heterocycles. The number of hydrogen-bond acceptors (Lipinski definition) is 7. The number of nitrogens with zero attached hydrogens (tertiary/aromatic N) is 5. The Labute approximate surface area is 237 Å². The number of carbonyl (C=O) groups is 1. The Morgan fingerprint density at radius 1 is 1.15 bits per heavy atom. The van der Waals surface area contributed by atoms with E-state index in [1.165, 1.54) is 0 Å². The zero-order valence-corrected chi connectivity index (χ0v) is 24.6. The van der Waals surface area contributed by atoms with Crippen LogP contribution in [-0.2, 0) is 4.79 Å². The van der Waals surface area contributed by atoms with Crippen molar-refractivity contribution < 1.29 is 19.5 Å². The number of halogens is 1. The number of ether oxygens (including phenoxy) is 1. The summed E-state index contributed by atoms with van der Waals surface area (Å²) in [6.45, 7) is 9.81. The minimum Gasteiger partial charge on any atom is -0.484 e. The molecule has 9 nitrogen and oxygen atoms in total. The third-order valence-corrected chi connectivity index (χ3v) is 7.48. The Bertz CT molecular complexity index is 1300. The van der Waals surface area contributed by atoms with Crippen LogP contribution >= 0.6 is 20.8 Å². The summed E-state index contributed by atoms with van der Waals surface area (Å²) in [7, 11) is 4.79. The molecule has 4 heterocycles. The average Bonchev–Trinajstić information content (AvgIpc) is 2.94. The molecule has 2 aliphatic rings. The number of piperazine rings is 1. The largest absolute Gasteiger partial charge is 0.484 e. The number of likely N-dealkylation sites (N-methyl/N-ethyl adjacent to an activating group) is 1. The fourth-order valence-electron chi connectivity index (χ4n) is 4.61. The van der Waals surface area contributed by atoms with Gasteiger partial charge < -0.3 is 24.8 Å². The number of nitrogens with one attached hydrogen (secondary N) is 1. The third-order valence-electron chi connectivity index (χ3n) is 6.74. The molecule has 1 amide bonds. The first kappa shape index (κ1) is 29.0. The van der Waals surface area contributed by atoms with E-state index in [0.717, 1.165) is 59.7 Å². The van der Waals surface area contributed by atoms with Gasteiger partial charge in [0, 0.05) is 72.9 Å². The second-order valence-electron chi connectivity index (χ2n) is 9.33. The van der Waals surface area contributed by atoms with Crippen molar-refractivity contribution in [3.8, 4) is 17.0 Å². The second-order valence-corrected chi connectivity index (χ2v) is 10.4. The predicted octanol–water partition coefficient (Wildman–Crippen LogP) is 3.56. The summed E-state index contributed by atoms with van der Waals surface area (Å²) in [6.07, 6.45) is 3.67. The molecule has 0 spiro atoms. The van der Waals surface area contributed by atoms with Crippen LogP contribution in [0.2, 0.25) is 5.02 Å². The molecule has 1 unspecified atom stereocenters. The van der Waals surface area contributed by atoms with Crippen molar-refractivity contribution in [2.45, 2.75) is 20.3 Å². The summed E-state index contributed by atoms with van der Waals surface area (Å²) in [5, 5.41) is 15.1. The SMILES string of the molecule is CC.CN1CCN(CCC(=O)Nc2cc(N3CCOc4c[n+](O)c(-c5cc(Cl)ccc5P)cc43)ccn2)CC1. The summed E-state index contributed by atoms with van der Waals surface area (Å²) in [5.41, 5.74) is 3.03. The standard InChI is InChI=1S/C26H30ClN6O3P.C2H6/c1-30-8-10-31(11-9-30)7-5-26(34)29-25-15-19(4-6-28-25)32-12-13-36-23-17-33(35)21(16-22(23)32)20-14-18(27)2-3-24(20)37;1-2/h2-4,6,14-17H,5,7-13,37H2,1H3,(H-,28,29,34,35);1-2H3/p+1. The molecule has 1 fully saturated rings. The van der Waals surface area contributed by atoms with Crippen LogP contribution < -0.4 is 25.0 Å². The zero-order chi connectivity index (χ0) is 27.9. The van der Waals surface area contributed by atoms with Gasteiger partial charge in [-0.05, 0) is 30.6 Å². The monoisotopic (exact) mass is 571 g/mol. The topological polar surface area (TPSA) is 85.0 Å². The minimum atomic E-state index is -0.0523. The van der Waals surface area contributed by atoms with Gasteiger partial charge in [0.25, 0.3) is 11.9 Å². The van der Waals surface area contributed by atoms with Gasteiger partial charge in [0.2, 0.25) is 11.7 Å². The number of fused-ring (bicyclic) bond motifs is 1. The Morgan fingerprint density at radius 2 is 1.92 bits per heavy atom. The van der Waals surface area contributed by atoms with Gasteiger partial charge in [-0.25, -0.2) is 4.98 Å². The van der Waals surface area contributed by atoms with E-state index in [9.17, 15) is 10.0 Å². The highest BCUT2D eigenvalue weighted by Crippen LogP contribution is 2.38. The smallest absolute Gasteiger partial charge is 0.267 e. The van der Waals surface area contributed by atoms with E-state index in [4.69, 9.17) is 16.3 Å². The molecular weight excluding hydrogens is 535 g/mol. The van der Waals surface area contributed by atoms with Crippen molar-refractivity contribution in [1.29, 1.82) is 0 Å². The number of amides is 1. The van der Waals surface area contributed by atoms with Crippen LogP contribution in [0, 0.1) is 0 Å². The van der Waals surface area contributed by atoms with Gasteiger partial charge in [0.05, 0.1) is 17.8 Å². The lowest BCUT2D eigenvalue weighted by molar-refractivity contribution is -0.896. The zero-order valence-electron chi connectivity index (χ0n) is 22.7. The molecule has 11 heteroatoms. The van der Waals surface area contributed by atoms with Crippen molar-refractivity contribution in [1.82, 2.24) is 14.8 Å². The maximum Gasteiger partial charge on any atom is 0.267 e. The van der Waals surface area contributed by atoms with Crippen molar-refractivity contribution in [3.63, 3.8) is 0 Å². The van der Waals surface area contributed by atoms with Gasteiger partial charge in [0.15, 0.2) is 0 Å². The van der Waals surface area contributed by atoms with Gasteiger partial charge >= 0.3 is 0 Å². The summed E-state index contributed by atoms with van der Waals surface area (Å²) >= 11 is 6.24. The van der Waals surface area contributed by atoms with Gasteiger partial charge in [-0.15, -0.1) is 9.24 Å². The maximum absolute atomic E-state index is 12.6. The Hall–Kier alpha value is -2.97. The Balaban J connectivity index is 0.00000172. The minimum absolute atomic E-state index is 0.0523. The fraction of sp³-hybridized carbons (Fsp3) is 0.393. The van der Waals surface area contributed by atoms with Crippen molar-refractivity contribution in [2.24, 2.45) is 0 Å². The number of pyridine rings is 2. The van der Waals surface area contributed by atoms with E-state index in [1.807, 2.05) is 44.2 Å². The van der Waals surface area contributed by atoms with E-state index in [0.29, 0.717) is 41.9 Å². The van der Waals surface area contributed by atoms with E-state index in [-0.39, 0.29) is 5.91 Å². The Kier molecular flexibility index (Phi) is 9.97. The van der Waals surface area contributed by atoms with Gasteiger partial charge in [0.1, 0.15) is 12.4 Å². The average molecular weight is 572 g/mol. The lowest BCUT2D eigenvalue weighted by atomic mass is 10.1. The second kappa shape index (κ2) is 13.4. The van der Waals surface area contributed by atoms with E-state index < -0.39 is 0 Å². The normalized spacial score (nSPS) is 15.6. The highest BCUT2D eigenvalue weighted by atomic mass is 35.5. The van der Waals surface area contributed by atoms with E-state index >= 15 is 0 Å². The van der Waals surface area contributed by atoms with E-state index in [1.54, 1.807) is 18.5 Å². The molecule has 39 heavy (non-hydrogen) atoms. The highest BCUT2D eigenvalue weighted by Gasteiger charge is 2.28. The molecule has 1 aromatic carbocycles. The molecule has 208 valence electrons. The van der Waals surface area contributed by atoms with Crippen molar-refractivity contribution in [3.05, 3.63) is 53.8 Å². The maximum atomic E-state index is 12.6. The fourth-order valence-corrected chi connectivity index (χ4v) is 5.11. The third kappa shape index (κ3) is 7.17. The summed E-state index contributed by atoms with van der Waals surface area (Å²) < 4.78 is 6.90. The van der Waals surface area contributed by atoms with Crippen molar-refractivity contribution >= 4 is 49.2 Å². The molecular formula is C28H37ClN6O3P+. The summed E-state index contributed by atoms with van der Waals surface area (Å²) in [6, 6.07) is 11.1. The molecule has 3 aromatic rings. The van der Waals surface area contributed by atoms with Crippen LogP contribution in [0.1, 0.15) is 20.3 Å². The van der Waals surface area contributed by atoms with Crippen LogP contribution in [0.4, 0.5) is 17.2 Å². The molecule has 0 saturated carbocycles. The summed E-state index contributed by atoms with van der Waals surface area (Å²) in [5.74, 6) is 1.01. The molecule has 2 N–H and O–H groups in total. The van der Waals surface area contributed by atoms with Crippen LogP contribution in [0.25, 0.3) is 11.3 Å². The van der Waals surface area contributed by atoms with Crippen molar-refractivity contribution in [2.75, 3.05) is 63.1 Å². The molecule has 2 aliphatic heterocycles. The quantitative estimate of drug-likeness (QED) is 0.266. The van der Waals surface area contributed by atoms with Crippen LogP contribution in [0.5, 0.6) is 5.75 Å². The van der Waals surface area contributed by atoms with Gasteiger partial charge in [-0.2, -0.15) is 0 Å². The first-order valence-corrected chi connectivity index (χ1v) is 14.2. The first-order valence-electron chi connectivity index (χ1n) is 13.3.